The number of nitrogens with zero attached hydrogens (tertiary/aromatic N) is 3. The maximum absolute atomic E-state index is 12.9. The second-order valence-corrected chi connectivity index (χ2v) is 10.4. The lowest BCUT2D eigenvalue weighted by atomic mass is 10.2. The van der Waals surface area contributed by atoms with Crippen LogP contribution in [0.3, 0.4) is 0 Å². The molecule has 4 rings (SSSR count). The molecule has 37 heavy (non-hydrogen) atoms. The van der Waals surface area contributed by atoms with E-state index in [-0.39, 0.29) is 41.3 Å². The Hall–Kier alpha value is -3.75. The van der Waals surface area contributed by atoms with Crippen LogP contribution in [0.1, 0.15) is 11.1 Å². The van der Waals surface area contributed by atoms with Gasteiger partial charge in [0, 0.05) is 17.6 Å². The number of aromatic nitrogens is 3. The lowest BCUT2D eigenvalue weighted by molar-refractivity contribution is -0.0328. The zero-order chi connectivity index (χ0) is 26.6. The minimum Gasteiger partial charge on any atom is -0.493 e. The normalized spacial score (nSPS) is 12.0. The largest absolute Gasteiger partial charge is 0.493 e. The molecule has 0 fully saturated rings. The van der Waals surface area contributed by atoms with Gasteiger partial charge in [-0.3, -0.25) is 9.29 Å². The van der Waals surface area contributed by atoms with E-state index >= 15 is 0 Å². The average molecular weight is 552 g/mol. The molecule has 4 aromatic rings. The molecule has 0 bridgehead atoms. The number of rotatable bonds is 9. The molecule has 0 atom stereocenters. The maximum Gasteiger partial charge on any atom is 0.446 e. The van der Waals surface area contributed by atoms with Crippen molar-refractivity contribution in [2.45, 2.75) is 23.5 Å². The van der Waals surface area contributed by atoms with Crippen LogP contribution < -0.4 is 15.1 Å². The fourth-order valence-electron chi connectivity index (χ4n) is 3.40. The van der Waals surface area contributed by atoms with E-state index in [1.54, 1.807) is 30.3 Å². The van der Waals surface area contributed by atoms with E-state index in [1.807, 2.05) is 6.07 Å². The van der Waals surface area contributed by atoms with Gasteiger partial charge in [0.2, 0.25) is 5.88 Å². The molecule has 0 spiro atoms. The molecular formula is C23H20F3N5O4S2. The molecule has 3 N–H and O–H groups in total. The van der Waals surface area contributed by atoms with Gasteiger partial charge in [0.25, 0.3) is 0 Å². The summed E-state index contributed by atoms with van der Waals surface area (Å²) in [6.45, 7) is 0.0457. The molecule has 2 aromatic heterocycles. The third kappa shape index (κ3) is 7.15. The van der Waals surface area contributed by atoms with Gasteiger partial charge in [-0.15, -0.1) is 0 Å². The first-order chi connectivity index (χ1) is 17.5. The number of hydrogen-bond donors (Lipinski definition) is 3. The van der Waals surface area contributed by atoms with Crippen molar-refractivity contribution < 1.29 is 26.7 Å². The van der Waals surface area contributed by atoms with Crippen LogP contribution in [0.5, 0.6) is 5.88 Å². The summed E-state index contributed by atoms with van der Waals surface area (Å²) in [5, 5.41) is 10.3. The molecule has 0 amide bonds. The lowest BCUT2D eigenvalue weighted by Crippen LogP contribution is -2.30. The summed E-state index contributed by atoms with van der Waals surface area (Å²) < 4.78 is 69.3. The molecule has 0 radical (unpaired) electrons. The molecule has 9 nitrogen and oxygen atoms in total. The fraction of sp³-hybridized carbons (Fsp3) is 0.130. The number of halogens is 3. The van der Waals surface area contributed by atoms with Crippen LogP contribution in [-0.2, 0) is 23.3 Å². The molecule has 0 saturated carbocycles. The standard InChI is InChI=1S/C23H20F3N5O4S2/c24-23(25,26)36-19-8-6-18(7-9-19)31-21(32)15-30(22(31)33)14-17-10-11-27-20(12-17)29-37(34,35)28-13-16-4-2-1-3-5-16/h1-12,15,28,32H,13-14H2,(H,27,29). The predicted molar refractivity (Wildman–Crippen MR) is 133 cm³/mol. The molecule has 0 saturated heterocycles. The number of pyridine rings is 1. The maximum atomic E-state index is 12.9. The van der Waals surface area contributed by atoms with Crippen molar-refractivity contribution in [1.29, 1.82) is 0 Å². The van der Waals surface area contributed by atoms with Crippen LogP contribution >= 0.6 is 11.8 Å². The van der Waals surface area contributed by atoms with Gasteiger partial charge in [0.15, 0.2) is 0 Å². The Morgan fingerprint density at radius 2 is 1.70 bits per heavy atom. The van der Waals surface area contributed by atoms with Crippen molar-refractivity contribution in [2.24, 2.45) is 0 Å². The van der Waals surface area contributed by atoms with Gasteiger partial charge in [0.05, 0.1) is 18.4 Å². The topological polar surface area (TPSA) is 118 Å². The van der Waals surface area contributed by atoms with Crippen molar-refractivity contribution in [2.75, 3.05) is 4.72 Å². The number of thioether (sulfide) groups is 1. The van der Waals surface area contributed by atoms with E-state index in [9.17, 15) is 31.5 Å². The lowest BCUT2D eigenvalue weighted by Gasteiger charge is -2.10. The fourth-order valence-corrected chi connectivity index (χ4v) is 4.76. The quantitative estimate of drug-likeness (QED) is 0.272. The summed E-state index contributed by atoms with van der Waals surface area (Å²) in [7, 11) is -3.93. The van der Waals surface area contributed by atoms with E-state index in [1.165, 1.54) is 47.3 Å². The second kappa shape index (κ2) is 10.7. The van der Waals surface area contributed by atoms with Crippen LogP contribution in [0.2, 0.25) is 0 Å². The summed E-state index contributed by atoms with van der Waals surface area (Å²) in [5.41, 5.74) is -3.63. The molecule has 0 unspecified atom stereocenters. The van der Waals surface area contributed by atoms with Crippen molar-refractivity contribution in [3.05, 3.63) is 101 Å². The number of alkyl halides is 3. The minimum atomic E-state index is -4.45. The second-order valence-electron chi connectivity index (χ2n) is 7.74. The highest BCUT2D eigenvalue weighted by molar-refractivity contribution is 8.00. The summed E-state index contributed by atoms with van der Waals surface area (Å²) in [6, 6.07) is 16.9. The highest BCUT2D eigenvalue weighted by Crippen LogP contribution is 2.37. The summed E-state index contributed by atoms with van der Waals surface area (Å²) in [5.74, 6) is -0.395. The molecule has 14 heteroatoms. The summed E-state index contributed by atoms with van der Waals surface area (Å²) >= 11 is -0.287. The number of hydrogen-bond acceptors (Lipinski definition) is 6. The molecule has 0 aliphatic rings. The van der Waals surface area contributed by atoms with E-state index < -0.39 is 27.3 Å². The number of anilines is 1. The van der Waals surface area contributed by atoms with Crippen LogP contribution in [0.15, 0.2) is 88.8 Å². The van der Waals surface area contributed by atoms with E-state index in [2.05, 4.69) is 14.4 Å². The van der Waals surface area contributed by atoms with Crippen LogP contribution in [-0.4, -0.2) is 33.2 Å². The molecule has 194 valence electrons. The van der Waals surface area contributed by atoms with Crippen LogP contribution in [0.4, 0.5) is 19.0 Å². The number of nitrogens with one attached hydrogen (secondary N) is 2. The minimum absolute atomic E-state index is 0.0209. The Morgan fingerprint density at radius 1 is 1.00 bits per heavy atom. The third-order valence-corrected chi connectivity index (χ3v) is 6.73. The average Bonchev–Trinajstić information content (AvgIpc) is 3.10. The highest BCUT2D eigenvalue weighted by Gasteiger charge is 2.29. The van der Waals surface area contributed by atoms with Gasteiger partial charge in [-0.25, -0.2) is 14.3 Å². The van der Waals surface area contributed by atoms with Gasteiger partial charge < -0.3 is 5.11 Å². The van der Waals surface area contributed by atoms with Gasteiger partial charge in [-0.2, -0.15) is 26.3 Å². The Kier molecular flexibility index (Phi) is 7.61. The van der Waals surface area contributed by atoms with E-state index in [0.29, 0.717) is 5.56 Å². The zero-order valence-corrected chi connectivity index (χ0v) is 20.5. The number of benzene rings is 2. The molecule has 2 heterocycles. The number of imidazole rings is 1. The van der Waals surface area contributed by atoms with Crippen molar-refractivity contribution in [1.82, 2.24) is 18.8 Å². The Labute approximate surface area is 213 Å². The van der Waals surface area contributed by atoms with Crippen LogP contribution in [0, 0.1) is 0 Å². The van der Waals surface area contributed by atoms with Gasteiger partial charge in [0.1, 0.15) is 5.82 Å². The highest BCUT2D eigenvalue weighted by atomic mass is 32.2. The smallest absolute Gasteiger partial charge is 0.446 e. The zero-order valence-electron chi connectivity index (χ0n) is 18.9. The van der Waals surface area contributed by atoms with Gasteiger partial charge >= 0.3 is 21.4 Å². The molecule has 0 aliphatic heterocycles. The van der Waals surface area contributed by atoms with Gasteiger partial charge in [-0.05, 0) is 59.3 Å². The Bertz CT molecular complexity index is 1540. The van der Waals surface area contributed by atoms with Crippen LogP contribution in [0.25, 0.3) is 5.69 Å². The first kappa shape index (κ1) is 26.3. The predicted octanol–water partition coefficient (Wildman–Crippen LogP) is 3.85. The van der Waals surface area contributed by atoms with E-state index in [0.717, 1.165) is 10.1 Å². The van der Waals surface area contributed by atoms with Gasteiger partial charge in [-0.1, -0.05) is 30.3 Å². The molecule has 0 aliphatic carbocycles. The monoisotopic (exact) mass is 551 g/mol. The van der Waals surface area contributed by atoms with Crippen molar-refractivity contribution in [3.8, 4) is 11.6 Å². The molecule has 2 aromatic carbocycles. The number of aromatic hydroxyl groups is 1. The molecular weight excluding hydrogens is 531 g/mol. The van der Waals surface area contributed by atoms with Crippen molar-refractivity contribution in [3.63, 3.8) is 0 Å². The van der Waals surface area contributed by atoms with Crippen molar-refractivity contribution >= 4 is 27.8 Å². The third-order valence-electron chi connectivity index (χ3n) is 4.99. The Morgan fingerprint density at radius 3 is 2.38 bits per heavy atom. The SMILES string of the molecule is O=c1n(Cc2ccnc(NS(=O)(=O)NCc3ccccc3)c2)cc(O)n1-c1ccc(SC(F)(F)F)cc1. The summed E-state index contributed by atoms with van der Waals surface area (Å²) in [6.07, 6.45) is 2.54. The van der Waals surface area contributed by atoms with E-state index in [4.69, 9.17) is 0 Å². The first-order valence-electron chi connectivity index (χ1n) is 10.6. The first-order valence-corrected chi connectivity index (χ1v) is 12.9. The summed E-state index contributed by atoms with van der Waals surface area (Å²) in [4.78, 5) is 16.8. The Balaban J connectivity index is 1.47.